The summed E-state index contributed by atoms with van der Waals surface area (Å²) in [5.41, 5.74) is -3.21. The van der Waals surface area contributed by atoms with Gasteiger partial charge in [-0.25, -0.2) is 0 Å². The minimum Gasteiger partial charge on any atom is -0.391 e. The smallest absolute Gasteiger partial charge is 0.391 e. The Morgan fingerprint density at radius 1 is 0.870 bits per heavy atom. The molecule has 0 N–H and O–H groups in total. The van der Waals surface area contributed by atoms with Crippen LogP contribution >= 0.6 is 0 Å². The van der Waals surface area contributed by atoms with Gasteiger partial charge in [-0.1, -0.05) is 0 Å². The van der Waals surface area contributed by atoms with Gasteiger partial charge in [0.1, 0.15) is 0 Å². The quantitative estimate of drug-likeness (QED) is 0.471. The standard InChI is InChI=1S/C13H9F6NO3/c14-12(15,16)8-1-7(2-9(3-8)13(17,18)19)4-20-5-10(21)23-11(22)6-20/h1-3H,4-6H2. The molecule has 0 radical (unpaired) electrons. The normalized spacial score (nSPS) is 17.3. The summed E-state index contributed by atoms with van der Waals surface area (Å²) in [6.45, 7) is -1.22. The minimum atomic E-state index is -4.95. The number of hydrogen-bond acceptors (Lipinski definition) is 4. The summed E-state index contributed by atoms with van der Waals surface area (Å²) in [6, 6.07) is 1.12. The van der Waals surface area contributed by atoms with Gasteiger partial charge in [-0.15, -0.1) is 0 Å². The molecule has 0 amide bonds. The summed E-state index contributed by atoms with van der Waals surface area (Å²) < 4.78 is 80.6. The predicted octanol–water partition coefficient (Wildman–Crippen LogP) is 2.61. The van der Waals surface area contributed by atoms with Crippen molar-refractivity contribution in [2.45, 2.75) is 18.9 Å². The van der Waals surface area contributed by atoms with Gasteiger partial charge in [0.25, 0.3) is 0 Å². The molecule has 0 aliphatic carbocycles. The van der Waals surface area contributed by atoms with Crippen LogP contribution in [0.2, 0.25) is 0 Å². The lowest BCUT2D eigenvalue weighted by molar-refractivity contribution is -0.167. The van der Waals surface area contributed by atoms with Crippen LogP contribution in [0.4, 0.5) is 26.3 Å². The van der Waals surface area contributed by atoms with Gasteiger partial charge in [0.15, 0.2) is 0 Å². The second-order valence-corrected chi connectivity index (χ2v) is 4.91. The van der Waals surface area contributed by atoms with Gasteiger partial charge >= 0.3 is 24.3 Å². The van der Waals surface area contributed by atoms with Crippen LogP contribution in [0.25, 0.3) is 0 Å². The van der Waals surface area contributed by atoms with E-state index in [1.165, 1.54) is 0 Å². The maximum atomic E-state index is 12.7. The Bertz CT molecular complexity index is 589. The summed E-state index contributed by atoms with van der Waals surface area (Å²) in [4.78, 5) is 23.3. The first-order valence-electron chi connectivity index (χ1n) is 6.19. The molecule has 0 aromatic heterocycles. The van der Waals surface area contributed by atoms with Crippen molar-refractivity contribution in [1.29, 1.82) is 0 Å². The molecule has 2 rings (SSSR count). The number of alkyl halides is 6. The maximum absolute atomic E-state index is 12.7. The van der Waals surface area contributed by atoms with E-state index in [1.54, 1.807) is 0 Å². The van der Waals surface area contributed by atoms with Gasteiger partial charge in [0, 0.05) is 6.54 Å². The van der Waals surface area contributed by atoms with Gasteiger partial charge in [-0.2, -0.15) is 26.3 Å². The van der Waals surface area contributed by atoms with E-state index in [4.69, 9.17) is 0 Å². The fourth-order valence-corrected chi connectivity index (χ4v) is 2.09. The summed E-state index contributed by atoms with van der Waals surface area (Å²) in [5.74, 6) is -1.83. The third-order valence-electron chi connectivity index (χ3n) is 2.99. The first-order valence-corrected chi connectivity index (χ1v) is 6.19. The highest BCUT2D eigenvalue weighted by Crippen LogP contribution is 2.36. The Morgan fingerprint density at radius 2 is 1.30 bits per heavy atom. The summed E-state index contributed by atoms with van der Waals surface area (Å²) >= 11 is 0. The number of nitrogens with zero attached hydrogens (tertiary/aromatic N) is 1. The fraction of sp³-hybridized carbons (Fsp3) is 0.385. The number of carbonyl (C=O) groups excluding carboxylic acids is 2. The summed E-state index contributed by atoms with van der Waals surface area (Å²) in [7, 11) is 0. The number of ether oxygens (including phenoxy) is 1. The molecule has 1 heterocycles. The van der Waals surface area contributed by atoms with Gasteiger partial charge < -0.3 is 4.74 Å². The average Bonchev–Trinajstić information content (AvgIpc) is 2.34. The van der Waals surface area contributed by atoms with Crippen molar-refractivity contribution < 1.29 is 40.7 Å². The van der Waals surface area contributed by atoms with Gasteiger partial charge in [0.05, 0.1) is 24.2 Å². The van der Waals surface area contributed by atoms with Crippen LogP contribution in [0, 0.1) is 0 Å². The summed E-state index contributed by atoms with van der Waals surface area (Å²) in [6.07, 6.45) is -9.90. The lowest BCUT2D eigenvalue weighted by Gasteiger charge is -2.24. The lowest BCUT2D eigenvalue weighted by Crippen LogP contribution is -2.42. The van der Waals surface area contributed by atoms with Crippen LogP contribution in [0.5, 0.6) is 0 Å². The Balaban J connectivity index is 2.34. The molecule has 23 heavy (non-hydrogen) atoms. The van der Waals surface area contributed by atoms with Crippen molar-refractivity contribution in [3.05, 3.63) is 34.9 Å². The molecule has 126 valence electrons. The number of benzene rings is 1. The number of rotatable bonds is 2. The molecule has 0 spiro atoms. The second kappa shape index (κ2) is 5.84. The van der Waals surface area contributed by atoms with Crippen molar-refractivity contribution in [3.8, 4) is 0 Å². The van der Waals surface area contributed by atoms with E-state index in [0.717, 1.165) is 4.90 Å². The molecular weight excluding hydrogens is 332 g/mol. The Morgan fingerprint density at radius 3 is 1.70 bits per heavy atom. The predicted molar refractivity (Wildman–Crippen MR) is 62.8 cm³/mol. The molecule has 0 saturated carbocycles. The van der Waals surface area contributed by atoms with E-state index in [2.05, 4.69) is 4.74 Å². The molecule has 4 nitrogen and oxygen atoms in total. The number of carbonyl (C=O) groups is 2. The van der Waals surface area contributed by atoms with Crippen LogP contribution in [-0.4, -0.2) is 29.9 Å². The van der Waals surface area contributed by atoms with E-state index >= 15 is 0 Å². The van der Waals surface area contributed by atoms with E-state index in [0.29, 0.717) is 12.1 Å². The maximum Gasteiger partial charge on any atom is 0.416 e. The lowest BCUT2D eigenvalue weighted by atomic mass is 10.0. The molecule has 0 bridgehead atoms. The van der Waals surface area contributed by atoms with E-state index in [9.17, 15) is 35.9 Å². The van der Waals surface area contributed by atoms with Crippen molar-refractivity contribution in [1.82, 2.24) is 4.90 Å². The SMILES string of the molecule is O=C1CN(Cc2cc(C(F)(F)F)cc(C(F)(F)F)c2)CC(=O)O1. The first kappa shape index (κ1) is 17.3. The number of hydrogen-bond donors (Lipinski definition) is 0. The van der Waals surface area contributed by atoms with Crippen molar-refractivity contribution >= 4 is 11.9 Å². The molecular formula is C13H9F6NO3. The fourth-order valence-electron chi connectivity index (χ4n) is 2.09. The van der Waals surface area contributed by atoms with E-state index in [-0.39, 0.29) is 11.6 Å². The van der Waals surface area contributed by atoms with Crippen LogP contribution in [0.3, 0.4) is 0 Å². The van der Waals surface area contributed by atoms with Crippen LogP contribution in [-0.2, 0) is 33.2 Å². The molecule has 10 heteroatoms. The summed E-state index contributed by atoms with van der Waals surface area (Å²) in [5, 5.41) is 0. The number of esters is 2. The number of halogens is 6. The molecule has 1 aromatic rings. The topological polar surface area (TPSA) is 46.6 Å². The zero-order chi connectivity index (χ0) is 17.4. The van der Waals surface area contributed by atoms with Gasteiger partial charge in [-0.3, -0.25) is 14.5 Å². The van der Waals surface area contributed by atoms with Crippen LogP contribution < -0.4 is 0 Å². The molecule has 0 atom stereocenters. The second-order valence-electron chi connectivity index (χ2n) is 4.91. The van der Waals surface area contributed by atoms with Gasteiger partial charge in [0.2, 0.25) is 0 Å². The molecule has 1 aliphatic heterocycles. The van der Waals surface area contributed by atoms with Crippen molar-refractivity contribution in [2.24, 2.45) is 0 Å². The highest BCUT2D eigenvalue weighted by molar-refractivity contribution is 5.90. The highest BCUT2D eigenvalue weighted by Gasteiger charge is 2.37. The van der Waals surface area contributed by atoms with Crippen molar-refractivity contribution in [3.63, 3.8) is 0 Å². The highest BCUT2D eigenvalue weighted by atomic mass is 19.4. The minimum absolute atomic E-state index is 0.0130. The van der Waals surface area contributed by atoms with Crippen LogP contribution in [0.15, 0.2) is 18.2 Å². The zero-order valence-electron chi connectivity index (χ0n) is 11.3. The molecule has 1 fully saturated rings. The Labute approximate surface area is 125 Å². The first-order chi connectivity index (χ1) is 10.4. The Hall–Kier alpha value is -2.10. The largest absolute Gasteiger partial charge is 0.416 e. The monoisotopic (exact) mass is 341 g/mol. The Kier molecular flexibility index (Phi) is 4.38. The third-order valence-corrected chi connectivity index (χ3v) is 2.99. The zero-order valence-corrected chi connectivity index (χ0v) is 11.3. The molecule has 1 saturated heterocycles. The van der Waals surface area contributed by atoms with Gasteiger partial charge in [-0.05, 0) is 23.8 Å². The molecule has 1 aliphatic rings. The third kappa shape index (κ3) is 4.44. The van der Waals surface area contributed by atoms with Crippen LogP contribution in [0.1, 0.15) is 16.7 Å². The number of cyclic esters (lactones) is 2. The van der Waals surface area contributed by atoms with E-state index in [1.807, 2.05) is 0 Å². The van der Waals surface area contributed by atoms with Crippen molar-refractivity contribution in [2.75, 3.05) is 13.1 Å². The number of morpholine rings is 1. The molecule has 0 unspecified atom stereocenters. The average molecular weight is 341 g/mol. The van der Waals surface area contributed by atoms with E-state index < -0.39 is 55.1 Å². The molecule has 1 aromatic carbocycles.